The first kappa shape index (κ1) is 17.2. The second-order valence-electron chi connectivity index (χ2n) is 6.42. The second kappa shape index (κ2) is 6.72. The van der Waals surface area contributed by atoms with E-state index >= 15 is 0 Å². The number of benzene rings is 1. The van der Waals surface area contributed by atoms with Crippen LogP contribution in [0.15, 0.2) is 30.5 Å². The van der Waals surface area contributed by atoms with Gasteiger partial charge in [-0.1, -0.05) is 6.07 Å². The molecule has 3 rings (SSSR count). The third-order valence-corrected chi connectivity index (χ3v) is 4.80. The van der Waals surface area contributed by atoms with Crippen LogP contribution in [0.1, 0.15) is 27.3 Å². The molecule has 2 heterocycles. The number of rotatable bonds is 5. The quantitative estimate of drug-likeness (QED) is 0.774. The van der Waals surface area contributed by atoms with Gasteiger partial charge in [0.1, 0.15) is 0 Å². The summed E-state index contributed by atoms with van der Waals surface area (Å²) in [5.41, 5.74) is 4.62. The van der Waals surface area contributed by atoms with Gasteiger partial charge in [0.15, 0.2) is 0 Å². The van der Waals surface area contributed by atoms with E-state index in [4.69, 9.17) is 0 Å². The van der Waals surface area contributed by atoms with E-state index in [0.29, 0.717) is 12.1 Å². The number of amides is 1. The molecule has 6 nitrogen and oxygen atoms in total. The fourth-order valence-electron chi connectivity index (χ4n) is 3.19. The Balaban J connectivity index is 1.93. The first-order valence-corrected chi connectivity index (χ1v) is 8.36. The molecule has 0 atom stereocenters. The van der Waals surface area contributed by atoms with E-state index in [1.807, 2.05) is 67.7 Å². The first-order chi connectivity index (χ1) is 11.9. The maximum Gasteiger partial charge on any atom is 0.254 e. The molecule has 1 N–H and O–H groups in total. The number of aliphatic hydroxyl groups excluding tert-OH is 1. The predicted octanol–water partition coefficient (Wildman–Crippen LogP) is 2.16. The van der Waals surface area contributed by atoms with Gasteiger partial charge in [0.2, 0.25) is 0 Å². The Morgan fingerprint density at radius 1 is 1.24 bits per heavy atom. The average Bonchev–Trinajstić information content (AvgIpc) is 3.08. The third-order valence-electron chi connectivity index (χ3n) is 4.80. The lowest BCUT2D eigenvalue weighted by molar-refractivity contribution is 0.0707. The Kier molecular flexibility index (Phi) is 4.63. The molecule has 0 fully saturated rings. The molecule has 6 heteroatoms. The zero-order valence-corrected chi connectivity index (χ0v) is 15.2. The van der Waals surface area contributed by atoms with E-state index < -0.39 is 0 Å². The number of hydrogen-bond acceptors (Lipinski definition) is 3. The van der Waals surface area contributed by atoms with Crippen molar-refractivity contribution in [1.29, 1.82) is 0 Å². The van der Waals surface area contributed by atoms with Crippen LogP contribution in [-0.2, 0) is 20.6 Å². The summed E-state index contributed by atoms with van der Waals surface area (Å²) in [6.45, 7) is 4.59. The number of aromatic nitrogens is 3. The fourth-order valence-corrected chi connectivity index (χ4v) is 3.19. The number of aryl methyl sites for hydroxylation is 3. The molecule has 25 heavy (non-hydrogen) atoms. The maximum atomic E-state index is 13.0. The van der Waals surface area contributed by atoms with E-state index in [0.717, 1.165) is 27.9 Å². The van der Waals surface area contributed by atoms with E-state index in [1.165, 1.54) is 0 Å². The zero-order valence-electron chi connectivity index (χ0n) is 15.2. The molecule has 1 amide bonds. The lowest BCUT2D eigenvalue weighted by atomic mass is 10.1. The first-order valence-electron chi connectivity index (χ1n) is 8.36. The highest BCUT2D eigenvalue weighted by atomic mass is 16.3. The van der Waals surface area contributed by atoms with Crippen molar-refractivity contribution >= 4 is 16.8 Å². The molecule has 0 aliphatic rings. The van der Waals surface area contributed by atoms with E-state index in [2.05, 4.69) is 5.10 Å². The van der Waals surface area contributed by atoms with Gasteiger partial charge in [0.25, 0.3) is 5.91 Å². The lowest BCUT2D eigenvalue weighted by Crippen LogP contribution is -2.33. The Hall–Kier alpha value is -2.60. The molecular weight excluding hydrogens is 316 g/mol. The molecular formula is C19H24N4O2. The van der Waals surface area contributed by atoms with E-state index in [9.17, 15) is 9.90 Å². The van der Waals surface area contributed by atoms with Crippen LogP contribution in [0.4, 0.5) is 0 Å². The van der Waals surface area contributed by atoms with Crippen LogP contribution in [0, 0.1) is 13.8 Å². The summed E-state index contributed by atoms with van der Waals surface area (Å²) in [6.07, 6.45) is 1.98. The highest BCUT2D eigenvalue weighted by Gasteiger charge is 2.20. The summed E-state index contributed by atoms with van der Waals surface area (Å²) in [5, 5.41) is 14.9. The van der Waals surface area contributed by atoms with Gasteiger partial charge in [-0.15, -0.1) is 0 Å². The van der Waals surface area contributed by atoms with Crippen LogP contribution in [0.2, 0.25) is 0 Å². The standard InChI is InChI=1S/C19H24N4O2/c1-13-17(14(2)22(4)20-13)12-23(9-10-24)19(25)16-6-5-15-7-8-21(3)18(15)11-16/h5-8,11,24H,9-10,12H2,1-4H3. The summed E-state index contributed by atoms with van der Waals surface area (Å²) in [5.74, 6) is -0.0835. The highest BCUT2D eigenvalue weighted by Crippen LogP contribution is 2.20. The van der Waals surface area contributed by atoms with Gasteiger partial charge in [-0.2, -0.15) is 5.10 Å². The van der Waals surface area contributed by atoms with Crippen LogP contribution in [0.25, 0.3) is 10.9 Å². The Morgan fingerprint density at radius 2 is 2.00 bits per heavy atom. The van der Waals surface area contributed by atoms with Crippen molar-refractivity contribution in [1.82, 2.24) is 19.2 Å². The Labute approximate surface area is 147 Å². The monoisotopic (exact) mass is 340 g/mol. The van der Waals surface area contributed by atoms with Gasteiger partial charge in [-0.25, -0.2) is 0 Å². The molecule has 1 aromatic carbocycles. The number of carbonyl (C=O) groups excluding carboxylic acids is 1. The molecule has 0 unspecified atom stereocenters. The number of fused-ring (bicyclic) bond motifs is 1. The van der Waals surface area contributed by atoms with Gasteiger partial charge in [-0.3, -0.25) is 9.48 Å². The van der Waals surface area contributed by atoms with Gasteiger partial charge in [0.05, 0.1) is 12.3 Å². The Morgan fingerprint density at radius 3 is 2.64 bits per heavy atom. The minimum Gasteiger partial charge on any atom is -0.395 e. The van der Waals surface area contributed by atoms with Crippen molar-refractivity contribution in [3.63, 3.8) is 0 Å². The molecule has 0 bridgehead atoms. The van der Waals surface area contributed by atoms with Crippen LogP contribution in [0.5, 0.6) is 0 Å². The predicted molar refractivity (Wildman–Crippen MR) is 97.4 cm³/mol. The van der Waals surface area contributed by atoms with Gasteiger partial charge >= 0.3 is 0 Å². The van der Waals surface area contributed by atoms with E-state index in [-0.39, 0.29) is 19.1 Å². The third kappa shape index (κ3) is 3.17. The highest BCUT2D eigenvalue weighted by molar-refractivity contribution is 5.98. The van der Waals surface area contributed by atoms with Crippen LogP contribution in [-0.4, -0.2) is 43.4 Å². The molecule has 2 aromatic heterocycles. The van der Waals surface area contributed by atoms with Gasteiger partial charge in [-0.05, 0) is 37.4 Å². The summed E-state index contributed by atoms with van der Waals surface area (Å²) >= 11 is 0. The molecule has 0 radical (unpaired) electrons. The number of nitrogens with zero attached hydrogens (tertiary/aromatic N) is 4. The topological polar surface area (TPSA) is 63.3 Å². The van der Waals surface area contributed by atoms with Gasteiger partial charge in [0, 0.05) is 55.7 Å². The summed E-state index contributed by atoms with van der Waals surface area (Å²) in [4.78, 5) is 14.7. The summed E-state index contributed by atoms with van der Waals surface area (Å²) < 4.78 is 3.82. The van der Waals surface area contributed by atoms with Crippen molar-refractivity contribution in [3.05, 3.63) is 53.0 Å². The van der Waals surface area contributed by atoms with Crippen molar-refractivity contribution in [2.24, 2.45) is 14.1 Å². The van der Waals surface area contributed by atoms with Gasteiger partial charge < -0.3 is 14.6 Å². The second-order valence-corrected chi connectivity index (χ2v) is 6.42. The number of hydrogen-bond donors (Lipinski definition) is 1. The van der Waals surface area contributed by atoms with E-state index in [1.54, 1.807) is 4.90 Å². The van der Waals surface area contributed by atoms with Crippen molar-refractivity contribution < 1.29 is 9.90 Å². The lowest BCUT2D eigenvalue weighted by Gasteiger charge is -2.22. The Bertz CT molecular complexity index is 923. The molecule has 0 spiro atoms. The van der Waals surface area contributed by atoms with Crippen molar-refractivity contribution in [2.75, 3.05) is 13.2 Å². The average molecular weight is 340 g/mol. The maximum absolute atomic E-state index is 13.0. The van der Waals surface area contributed by atoms with Crippen LogP contribution < -0.4 is 0 Å². The summed E-state index contributed by atoms with van der Waals surface area (Å²) in [7, 11) is 3.86. The molecule has 0 aliphatic carbocycles. The minimum atomic E-state index is -0.0835. The molecule has 0 aliphatic heterocycles. The van der Waals surface area contributed by atoms with Crippen molar-refractivity contribution in [3.8, 4) is 0 Å². The zero-order chi connectivity index (χ0) is 18.1. The molecule has 3 aromatic rings. The molecule has 0 saturated heterocycles. The fraction of sp³-hybridized carbons (Fsp3) is 0.368. The number of aliphatic hydroxyl groups is 1. The largest absolute Gasteiger partial charge is 0.395 e. The summed E-state index contributed by atoms with van der Waals surface area (Å²) in [6, 6.07) is 7.74. The minimum absolute atomic E-state index is 0.0729. The molecule has 0 saturated carbocycles. The SMILES string of the molecule is Cc1nn(C)c(C)c1CN(CCO)C(=O)c1ccc2ccn(C)c2c1. The van der Waals surface area contributed by atoms with Crippen molar-refractivity contribution in [2.45, 2.75) is 20.4 Å². The number of carbonyl (C=O) groups is 1. The smallest absolute Gasteiger partial charge is 0.254 e. The normalized spacial score (nSPS) is 11.2. The molecule has 132 valence electrons. The van der Waals surface area contributed by atoms with Crippen LogP contribution >= 0.6 is 0 Å². The van der Waals surface area contributed by atoms with Crippen LogP contribution in [0.3, 0.4) is 0 Å².